The lowest BCUT2D eigenvalue weighted by molar-refractivity contribution is -0.145. The molecule has 0 amide bonds. The van der Waals surface area contributed by atoms with Crippen LogP contribution in [0.2, 0.25) is 0 Å². The number of carboxylic acids is 1. The van der Waals surface area contributed by atoms with E-state index in [1.54, 1.807) is 0 Å². The Hall–Kier alpha value is -2.11. The molecule has 2 atom stereocenters. The second-order valence-corrected chi connectivity index (χ2v) is 18.9. The lowest BCUT2D eigenvalue weighted by Crippen LogP contribution is -2.13. The van der Waals surface area contributed by atoms with Gasteiger partial charge in [0.2, 0.25) is 0 Å². The number of carbonyl (C=O) groups excluding carboxylic acids is 2. The summed E-state index contributed by atoms with van der Waals surface area (Å²) >= 11 is 0. The van der Waals surface area contributed by atoms with Crippen LogP contribution in [0.5, 0.6) is 0 Å². The number of hydrogen-bond donors (Lipinski definition) is 1. The molecule has 0 bridgehead atoms. The van der Waals surface area contributed by atoms with Gasteiger partial charge in [0.1, 0.15) is 0 Å². The average Bonchev–Trinajstić information content (AvgIpc) is 3.26. The fraction of sp³-hybridized carbons (Fsp3) is 0.875. The number of hydrogen-bond acceptors (Lipinski definition) is 5. The molecule has 0 aliphatic heterocycles. The smallest absolute Gasteiger partial charge is 0.305 e. The van der Waals surface area contributed by atoms with Crippen molar-refractivity contribution in [2.24, 2.45) is 11.8 Å². The monoisotopic (exact) mass is 873 g/mol. The Morgan fingerprint density at radius 3 is 0.968 bits per heavy atom. The van der Waals surface area contributed by atoms with Gasteiger partial charge in [-0.05, 0) is 57.8 Å². The average molecular weight is 873 g/mol. The van der Waals surface area contributed by atoms with Crippen molar-refractivity contribution in [2.45, 2.75) is 290 Å². The molecule has 1 N–H and O–H groups in total. The summed E-state index contributed by atoms with van der Waals surface area (Å²) in [7, 11) is 0. The fourth-order valence-corrected chi connectivity index (χ4v) is 8.38. The normalized spacial score (nSPS) is 12.7. The van der Waals surface area contributed by atoms with Crippen LogP contribution in [0.3, 0.4) is 0 Å². The number of ether oxygens (including phenoxy) is 2. The van der Waals surface area contributed by atoms with Crippen LogP contribution in [0.4, 0.5) is 0 Å². The maximum Gasteiger partial charge on any atom is 0.305 e. The van der Waals surface area contributed by atoms with E-state index in [0.717, 1.165) is 103 Å². The standard InChI is InChI=1S/C56H104O6/c1-4-7-10-13-16-17-18-19-20-21-22-23-26-34-41-48-55(59)61-51-53(44-37-30-25-15-12-9-6-3)46-39-32-28-35-42-49-56(60)62-50-52(43-36-29-24-14-11-8-5-2)45-38-31-27-33-40-47-54(57)58/h36-37,43-44,52-53H,4-35,38-42,45-51H2,1-3H3,(H,57,58)/b43-36+,44-37+. The third kappa shape index (κ3) is 47.4. The van der Waals surface area contributed by atoms with Crippen molar-refractivity contribution in [3.05, 3.63) is 24.3 Å². The molecule has 0 aromatic rings. The van der Waals surface area contributed by atoms with Gasteiger partial charge < -0.3 is 14.6 Å². The van der Waals surface area contributed by atoms with Crippen LogP contribution in [0.25, 0.3) is 0 Å². The molecule has 0 aliphatic carbocycles. The van der Waals surface area contributed by atoms with Gasteiger partial charge in [-0.15, -0.1) is 0 Å². The van der Waals surface area contributed by atoms with E-state index in [4.69, 9.17) is 14.6 Å². The predicted octanol–water partition coefficient (Wildman–Crippen LogP) is 17.9. The predicted molar refractivity (Wildman–Crippen MR) is 266 cm³/mol. The van der Waals surface area contributed by atoms with E-state index >= 15 is 0 Å². The van der Waals surface area contributed by atoms with Crippen molar-refractivity contribution in [2.75, 3.05) is 13.2 Å². The van der Waals surface area contributed by atoms with E-state index in [9.17, 15) is 14.4 Å². The van der Waals surface area contributed by atoms with Gasteiger partial charge in [0.15, 0.2) is 0 Å². The largest absolute Gasteiger partial charge is 0.481 e. The van der Waals surface area contributed by atoms with Crippen molar-refractivity contribution in [1.29, 1.82) is 0 Å². The van der Waals surface area contributed by atoms with Crippen LogP contribution in [-0.2, 0) is 23.9 Å². The zero-order valence-corrected chi connectivity index (χ0v) is 41.6. The minimum absolute atomic E-state index is 0.0327. The number of aliphatic carboxylic acids is 1. The summed E-state index contributed by atoms with van der Waals surface area (Å²) in [6.07, 6.45) is 57.6. The molecule has 0 radical (unpaired) electrons. The van der Waals surface area contributed by atoms with Crippen molar-refractivity contribution < 1.29 is 29.0 Å². The first kappa shape index (κ1) is 59.9. The number of rotatable bonds is 50. The number of carbonyl (C=O) groups is 3. The van der Waals surface area contributed by atoms with Crippen LogP contribution in [0, 0.1) is 11.8 Å². The molecule has 0 heterocycles. The van der Waals surface area contributed by atoms with Gasteiger partial charge in [-0.25, -0.2) is 0 Å². The maximum absolute atomic E-state index is 12.7. The zero-order chi connectivity index (χ0) is 45.2. The first-order valence-electron chi connectivity index (χ1n) is 27.3. The highest BCUT2D eigenvalue weighted by Crippen LogP contribution is 2.19. The lowest BCUT2D eigenvalue weighted by Gasteiger charge is -2.14. The summed E-state index contributed by atoms with van der Waals surface area (Å²) in [5.41, 5.74) is 0. The van der Waals surface area contributed by atoms with E-state index in [0.29, 0.717) is 26.1 Å². The number of unbranched alkanes of at least 4 members (excludes halogenated alkanes) is 32. The first-order chi connectivity index (χ1) is 30.4. The molecule has 364 valence electrons. The molecule has 0 spiro atoms. The highest BCUT2D eigenvalue weighted by Gasteiger charge is 2.12. The summed E-state index contributed by atoms with van der Waals surface area (Å²) in [5, 5.41) is 8.86. The summed E-state index contributed by atoms with van der Waals surface area (Å²) in [6.45, 7) is 7.74. The Bertz CT molecular complexity index is 1020. The molecule has 6 heteroatoms. The Morgan fingerprint density at radius 1 is 0.371 bits per heavy atom. The second kappa shape index (κ2) is 49.9. The van der Waals surface area contributed by atoms with Crippen molar-refractivity contribution in [3.8, 4) is 0 Å². The van der Waals surface area contributed by atoms with Crippen LogP contribution in [0.1, 0.15) is 290 Å². The SMILES string of the molecule is CCCCCCC/C=C/C(CCCCCCCC(=O)O)COC(=O)CCCCCCCC(/C=C/CCCCCCC)COC(=O)CCCCCCCCCCCCCCCCC. The highest BCUT2D eigenvalue weighted by molar-refractivity contribution is 5.69. The summed E-state index contributed by atoms with van der Waals surface area (Å²) in [6, 6.07) is 0. The van der Waals surface area contributed by atoms with Gasteiger partial charge in [0, 0.05) is 31.1 Å². The molecule has 0 aromatic carbocycles. The van der Waals surface area contributed by atoms with Gasteiger partial charge in [-0.1, -0.05) is 238 Å². The number of esters is 2. The fourth-order valence-electron chi connectivity index (χ4n) is 8.38. The maximum atomic E-state index is 12.7. The van der Waals surface area contributed by atoms with Crippen LogP contribution < -0.4 is 0 Å². The van der Waals surface area contributed by atoms with Crippen LogP contribution >= 0.6 is 0 Å². The molecule has 0 fully saturated rings. The van der Waals surface area contributed by atoms with E-state index in [1.807, 2.05) is 0 Å². The van der Waals surface area contributed by atoms with Crippen molar-refractivity contribution in [1.82, 2.24) is 0 Å². The summed E-state index contributed by atoms with van der Waals surface area (Å²) in [5.74, 6) is -0.286. The first-order valence-corrected chi connectivity index (χ1v) is 27.3. The topological polar surface area (TPSA) is 89.9 Å². The van der Waals surface area contributed by atoms with Gasteiger partial charge in [0.25, 0.3) is 0 Å². The Kier molecular flexibility index (Phi) is 48.2. The third-order valence-electron chi connectivity index (χ3n) is 12.6. The molecule has 0 saturated heterocycles. The van der Waals surface area contributed by atoms with Crippen molar-refractivity contribution in [3.63, 3.8) is 0 Å². The number of carboxylic acid groups (broad SMARTS) is 1. The minimum atomic E-state index is -0.710. The second-order valence-electron chi connectivity index (χ2n) is 18.9. The highest BCUT2D eigenvalue weighted by atomic mass is 16.5. The number of allylic oxidation sites excluding steroid dienone is 2. The molecule has 0 saturated carbocycles. The Balaban J connectivity index is 4.41. The quantitative estimate of drug-likeness (QED) is 0.0372. The van der Waals surface area contributed by atoms with E-state index in [2.05, 4.69) is 45.1 Å². The van der Waals surface area contributed by atoms with Gasteiger partial charge >= 0.3 is 17.9 Å². The lowest BCUT2D eigenvalue weighted by atomic mass is 9.99. The zero-order valence-electron chi connectivity index (χ0n) is 41.6. The summed E-state index contributed by atoms with van der Waals surface area (Å²) in [4.78, 5) is 36.1. The molecular weight excluding hydrogens is 769 g/mol. The van der Waals surface area contributed by atoms with Gasteiger partial charge in [-0.2, -0.15) is 0 Å². The molecule has 2 unspecified atom stereocenters. The van der Waals surface area contributed by atoms with Crippen molar-refractivity contribution >= 4 is 17.9 Å². The third-order valence-corrected chi connectivity index (χ3v) is 12.6. The van der Waals surface area contributed by atoms with Gasteiger partial charge in [-0.3, -0.25) is 14.4 Å². The Labute approximate surface area is 385 Å². The minimum Gasteiger partial charge on any atom is -0.481 e. The molecule has 0 rings (SSSR count). The van der Waals surface area contributed by atoms with E-state index < -0.39 is 5.97 Å². The van der Waals surface area contributed by atoms with Gasteiger partial charge in [0.05, 0.1) is 13.2 Å². The molecule has 6 nitrogen and oxygen atoms in total. The summed E-state index contributed by atoms with van der Waals surface area (Å²) < 4.78 is 11.6. The Morgan fingerprint density at radius 2 is 0.645 bits per heavy atom. The molecule has 62 heavy (non-hydrogen) atoms. The van der Waals surface area contributed by atoms with E-state index in [-0.39, 0.29) is 30.2 Å². The van der Waals surface area contributed by atoms with Crippen LogP contribution in [0.15, 0.2) is 24.3 Å². The van der Waals surface area contributed by atoms with E-state index in [1.165, 1.54) is 148 Å². The van der Waals surface area contributed by atoms with Crippen LogP contribution in [-0.4, -0.2) is 36.2 Å². The molecule has 0 aliphatic rings. The molecular formula is C56H104O6. The molecule has 0 aromatic heterocycles.